The molecule has 0 saturated heterocycles. The second-order valence-corrected chi connectivity index (χ2v) is 3.60. The Kier molecular flexibility index (Phi) is 2.77. The van der Waals surface area contributed by atoms with E-state index in [0.29, 0.717) is 5.75 Å². The van der Waals surface area contributed by atoms with Crippen LogP contribution in [0.15, 0.2) is 18.5 Å². The zero-order valence-electron chi connectivity index (χ0n) is 5.86. The van der Waals surface area contributed by atoms with Gasteiger partial charge in [0.2, 0.25) is 0 Å². The second-order valence-electron chi connectivity index (χ2n) is 2.05. The Bertz CT molecular complexity index is 174. The van der Waals surface area contributed by atoms with Gasteiger partial charge in [0, 0.05) is 12.4 Å². The van der Waals surface area contributed by atoms with Crippen molar-refractivity contribution in [2.24, 2.45) is 0 Å². The van der Waals surface area contributed by atoms with Gasteiger partial charge in [-0.05, 0) is 6.07 Å². The van der Waals surface area contributed by atoms with E-state index in [0.717, 1.165) is 6.54 Å². The lowest BCUT2D eigenvalue weighted by Crippen LogP contribution is -2.11. The van der Waals surface area contributed by atoms with E-state index in [-0.39, 0.29) is 0 Å². The van der Waals surface area contributed by atoms with Gasteiger partial charge in [-0.25, -0.2) is 0 Å². The van der Waals surface area contributed by atoms with Crippen molar-refractivity contribution in [1.82, 2.24) is 9.78 Å². The minimum Gasteiger partial charge on any atom is -0.617 e. The highest BCUT2D eigenvalue weighted by Crippen LogP contribution is 1.88. The van der Waals surface area contributed by atoms with Crippen LogP contribution in [0.1, 0.15) is 0 Å². The first kappa shape index (κ1) is 7.63. The third kappa shape index (κ3) is 2.41. The van der Waals surface area contributed by atoms with E-state index >= 15 is 0 Å². The Labute approximate surface area is 63.2 Å². The Morgan fingerprint density at radius 2 is 2.50 bits per heavy atom. The van der Waals surface area contributed by atoms with E-state index in [1.807, 2.05) is 12.3 Å². The molecule has 0 fully saturated rings. The van der Waals surface area contributed by atoms with Crippen LogP contribution in [0.5, 0.6) is 0 Å². The fourth-order valence-electron chi connectivity index (χ4n) is 0.655. The molecule has 56 valence electrons. The number of aryl methyl sites for hydroxylation is 1. The molecule has 1 aromatic rings. The van der Waals surface area contributed by atoms with E-state index in [1.165, 1.54) is 0 Å². The molecule has 0 aliphatic carbocycles. The van der Waals surface area contributed by atoms with Gasteiger partial charge >= 0.3 is 0 Å². The van der Waals surface area contributed by atoms with Crippen molar-refractivity contribution in [3.05, 3.63) is 18.5 Å². The standard InChI is InChI=1S/C6H10N2OS/c1-10(9)6-5-8-4-2-3-7-8/h2-4H,5-6H2,1H3. The molecule has 1 rings (SSSR count). The van der Waals surface area contributed by atoms with Gasteiger partial charge in [-0.15, -0.1) is 0 Å². The predicted molar refractivity (Wildman–Crippen MR) is 41.2 cm³/mol. The highest BCUT2D eigenvalue weighted by molar-refractivity contribution is 7.90. The van der Waals surface area contributed by atoms with Crippen LogP contribution in [0, 0.1) is 0 Å². The Morgan fingerprint density at radius 1 is 1.70 bits per heavy atom. The van der Waals surface area contributed by atoms with Crippen molar-refractivity contribution in [2.75, 3.05) is 12.0 Å². The Morgan fingerprint density at radius 3 is 3.00 bits per heavy atom. The maximum Gasteiger partial charge on any atom is 0.124 e. The molecule has 1 unspecified atom stereocenters. The molecule has 0 bridgehead atoms. The summed E-state index contributed by atoms with van der Waals surface area (Å²) in [5.74, 6) is 0.682. The molecule has 10 heavy (non-hydrogen) atoms. The van der Waals surface area contributed by atoms with Gasteiger partial charge in [0.15, 0.2) is 0 Å². The average Bonchev–Trinajstić information content (AvgIpc) is 2.34. The van der Waals surface area contributed by atoms with Gasteiger partial charge in [-0.2, -0.15) is 5.10 Å². The zero-order chi connectivity index (χ0) is 7.40. The fourth-order valence-corrected chi connectivity index (χ4v) is 1.10. The summed E-state index contributed by atoms with van der Waals surface area (Å²) in [6.45, 7) is 0.746. The van der Waals surface area contributed by atoms with Crippen LogP contribution >= 0.6 is 0 Å². The Hall–Kier alpha value is -0.480. The van der Waals surface area contributed by atoms with E-state index < -0.39 is 11.2 Å². The lowest BCUT2D eigenvalue weighted by molar-refractivity contribution is 0.585. The van der Waals surface area contributed by atoms with E-state index in [4.69, 9.17) is 0 Å². The van der Waals surface area contributed by atoms with Crippen LogP contribution < -0.4 is 0 Å². The van der Waals surface area contributed by atoms with Crippen molar-refractivity contribution < 1.29 is 4.55 Å². The highest BCUT2D eigenvalue weighted by Gasteiger charge is 1.96. The average molecular weight is 158 g/mol. The van der Waals surface area contributed by atoms with Gasteiger partial charge in [0.05, 0.1) is 12.8 Å². The molecule has 0 amide bonds. The molecular formula is C6H10N2OS. The molecule has 0 aliphatic heterocycles. The van der Waals surface area contributed by atoms with Crippen molar-refractivity contribution in [3.63, 3.8) is 0 Å². The molecular weight excluding hydrogens is 148 g/mol. The summed E-state index contributed by atoms with van der Waals surface area (Å²) in [6.07, 6.45) is 5.29. The molecule has 0 aliphatic rings. The van der Waals surface area contributed by atoms with Crippen LogP contribution in [0.4, 0.5) is 0 Å². The SMILES string of the molecule is C[S+]([O-])CCn1cccn1. The first-order valence-electron chi connectivity index (χ1n) is 3.06. The van der Waals surface area contributed by atoms with Crippen LogP contribution in [0.25, 0.3) is 0 Å². The maximum atomic E-state index is 10.6. The maximum absolute atomic E-state index is 10.6. The Balaban J connectivity index is 2.28. The number of nitrogens with zero attached hydrogens (tertiary/aromatic N) is 2. The molecule has 4 heteroatoms. The monoisotopic (exact) mass is 158 g/mol. The van der Waals surface area contributed by atoms with Crippen LogP contribution in [0.3, 0.4) is 0 Å². The zero-order valence-corrected chi connectivity index (χ0v) is 6.67. The topological polar surface area (TPSA) is 40.9 Å². The third-order valence-electron chi connectivity index (χ3n) is 1.17. The molecule has 1 heterocycles. The molecule has 3 nitrogen and oxygen atoms in total. The minimum atomic E-state index is -0.711. The highest BCUT2D eigenvalue weighted by atomic mass is 32.2. The smallest absolute Gasteiger partial charge is 0.124 e. The molecule has 1 atom stereocenters. The minimum absolute atomic E-state index is 0.682. The van der Waals surface area contributed by atoms with Gasteiger partial charge in [0.25, 0.3) is 0 Å². The fraction of sp³-hybridized carbons (Fsp3) is 0.500. The van der Waals surface area contributed by atoms with Crippen molar-refractivity contribution in [2.45, 2.75) is 6.54 Å². The third-order valence-corrected chi connectivity index (χ3v) is 1.92. The van der Waals surface area contributed by atoms with Gasteiger partial charge in [-0.1, -0.05) is 11.2 Å². The summed E-state index contributed by atoms with van der Waals surface area (Å²) in [5, 5.41) is 3.97. The number of hydrogen-bond donors (Lipinski definition) is 0. The molecule has 0 spiro atoms. The summed E-state index contributed by atoms with van der Waals surface area (Å²) < 4.78 is 12.4. The van der Waals surface area contributed by atoms with E-state index in [2.05, 4.69) is 5.10 Å². The summed E-state index contributed by atoms with van der Waals surface area (Å²) in [6, 6.07) is 1.86. The summed E-state index contributed by atoms with van der Waals surface area (Å²) in [4.78, 5) is 0. The van der Waals surface area contributed by atoms with Gasteiger partial charge in [0.1, 0.15) is 5.75 Å². The lowest BCUT2D eigenvalue weighted by Gasteiger charge is -2.03. The quantitative estimate of drug-likeness (QED) is 0.592. The lowest BCUT2D eigenvalue weighted by atomic mass is 10.7. The van der Waals surface area contributed by atoms with Crippen LogP contribution in [-0.4, -0.2) is 26.3 Å². The molecule has 1 aromatic heterocycles. The van der Waals surface area contributed by atoms with Crippen molar-refractivity contribution >= 4 is 11.2 Å². The van der Waals surface area contributed by atoms with E-state index in [1.54, 1.807) is 17.1 Å². The van der Waals surface area contributed by atoms with Crippen LogP contribution in [0.2, 0.25) is 0 Å². The van der Waals surface area contributed by atoms with E-state index in [9.17, 15) is 4.55 Å². The normalized spacial score (nSPS) is 13.4. The van der Waals surface area contributed by atoms with Crippen LogP contribution in [-0.2, 0) is 17.7 Å². The van der Waals surface area contributed by atoms with Gasteiger partial charge in [-0.3, -0.25) is 4.68 Å². The predicted octanol–water partition coefficient (Wildman–Crippen LogP) is 0.262. The number of hydrogen-bond acceptors (Lipinski definition) is 2. The first-order valence-corrected chi connectivity index (χ1v) is 4.79. The van der Waals surface area contributed by atoms with Gasteiger partial charge < -0.3 is 4.55 Å². The molecule has 0 N–H and O–H groups in total. The summed E-state index contributed by atoms with van der Waals surface area (Å²) >= 11 is -0.711. The summed E-state index contributed by atoms with van der Waals surface area (Å²) in [5.41, 5.74) is 0. The molecule has 0 radical (unpaired) electrons. The second kappa shape index (κ2) is 3.63. The molecule has 0 aromatic carbocycles. The van der Waals surface area contributed by atoms with Crippen molar-refractivity contribution in [1.29, 1.82) is 0 Å². The van der Waals surface area contributed by atoms with Crippen molar-refractivity contribution in [3.8, 4) is 0 Å². The number of rotatable bonds is 3. The number of aromatic nitrogens is 2. The molecule has 0 saturated carbocycles. The first-order chi connectivity index (χ1) is 4.79. The summed E-state index contributed by atoms with van der Waals surface area (Å²) in [7, 11) is 0. The largest absolute Gasteiger partial charge is 0.617 e.